The average Bonchev–Trinajstić information content (AvgIpc) is 3.10. The van der Waals surface area contributed by atoms with E-state index in [1.54, 1.807) is 7.11 Å². The summed E-state index contributed by atoms with van der Waals surface area (Å²) in [5, 5.41) is 15.8. The van der Waals surface area contributed by atoms with E-state index >= 15 is 0 Å². The molecule has 2 N–H and O–H groups in total. The first-order valence-corrected chi connectivity index (χ1v) is 16.6. The van der Waals surface area contributed by atoms with Crippen LogP contribution in [0.25, 0.3) is 22.2 Å². The molecular formula is C34H47N9O2. The fourth-order valence-corrected chi connectivity index (χ4v) is 7.00. The van der Waals surface area contributed by atoms with Gasteiger partial charge in [0.15, 0.2) is 5.82 Å². The summed E-state index contributed by atoms with van der Waals surface area (Å²) in [5.74, 6) is 2.44. The fraction of sp³-hybridized carbons (Fsp3) is 0.588. The number of piperazine rings is 1. The summed E-state index contributed by atoms with van der Waals surface area (Å²) in [6.45, 7) is 10.9. The van der Waals surface area contributed by atoms with Crippen molar-refractivity contribution in [2.75, 3.05) is 88.7 Å². The first-order chi connectivity index (χ1) is 22.1. The smallest absolute Gasteiger partial charge is 0.153 e. The Labute approximate surface area is 266 Å². The molecule has 0 aliphatic carbocycles. The van der Waals surface area contributed by atoms with Crippen LogP contribution in [0.1, 0.15) is 44.7 Å². The van der Waals surface area contributed by atoms with Crippen molar-refractivity contribution in [3.63, 3.8) is 0 Å². The minimum atomic E-state index is 0.326. The zero-order valence-corrected chi connectivity index (χ0v) is 27.0. The van der Waals surface area contributed by atoms with Gasteiger partial charge < -0.3 is 25.0 Å². The molecule has 3 saturated heterocycles. The monoisotopic (exact) mass is 613 g/mol. The second-order valence-corrected chi connectivity index (χ2v) is 12.3. The lowest BCUT2D eigenvalue weighted by Gasteiger charge is -2.43. The SMILES string of the molecule is CCc1nc2c(NC)ncc(-c3ccc(N4CCC(N5CCN(CCC#N)CC5)CC4)c(OC)c3)c2nc1NC1CCOCC1. The minimum Gasteiger partial charge on any atom is -0.495 e. The topological polar surface area (TPSA) is 115 Å². The van der Waals surface area contributed by atoms with E-state index in [-0.39, 0.29) is 0 Å². The molecule has 0 atom stereocenters. The number of nitriles is 1. The van der Waals surface area contributed by atoms with Gasteiger partial charge in [0.2, 0.25) is 0 Å². The number of anilines is 3. The zero-order valence-electron chi connectivity index (χ0n) is 27.0. The van der Waals surface area contributed by atoms with Crippen molar-refractivity contribution in [3.8, 4) is 22.9 Å². The number of rotatable bonds is 10. The van der Waals surface area contributed by atoms with Gasteiger partial charge in [0.1, 0.15) is 22.6 Å². The first-order valence-electron chi connectivity index (χ1n) is 16.6. The lowest BCUT2D eigenvalue weighted by Crippen LogP contribution is -2.53. The molecule has 0 unspecified atom stereocenters. The van der Waals surface area contributed by atoms with Crippen molar-refractivity contribution in [2.24, 2.45) is 0 Å². The molecule has 5 heterocycles. The molecule has 3 fully saturated rings. The highest BCUT2D eigenvalue weighted by Gasteiger charge is 2.29. The number of piperidine rings is 1. The maximum atomic E-state index is 8.91. The molecule has 11 heteroatoms. The van der Waals surface area contributed by atoms with Gasteiger partial charge in [-0.1, -0.05) is 13.0 Å². The molecule has 11 nitrogen and oxygen atoms in total. The van der Waals surface area contributed by atoms with Crippen molar-refractivity contribution >= 4 is 28.4 Å². The standard InChI is InChI=1S/C34H47N9O2/c1-4-28-33(38-25-10-20-45-21-11-25)40-31-27(23-37-34(36-2)32(31)39-28)24-6-7-29(30(22-24)44-3)43-14-8-26(9-15-43)42-18-16-41(17-19-42)13-5-12-35/h6-7,22-23,25-26H,4-5,8-11,13-21H2,1-3H3,(H,36,37)(H,38,40). The Morgan fingerprint density at radius 2 is 1.78 bits per heavy atom. The van der Waals surface area contributed by atoms with E-state index in [1.807, 2.05) is 13.2 Å². The van der Waals surface area contributed by atoms with Crippen LogP contribution in [0, 0.1) is 11.3 Å². The zero-order chi connectivity index (χ0) is 31.2. The highest BCUT2D eigenvalue weighted by Crippen LogP contribution is 2.38. The number of nitrogens with zero attached hydrogens (tertiary/aromatic N) is 7. The predicted molar refractivity (Wildman–Crippen MR) is 179 cm³/mol. The van der Waals surface area contributed by atoms with Gasteiger partial charge in [0, 0.05) is 96.3 Å². The summed E-state index contributed by atoms with van der Waals surface area (Å²) < 4.78 is 11.6. The van der Waals surface area contributed by atoms with Crippen LogP contribution >= 0.6 is 0 Å². The molecule has 2 aromatic heterocycles. The lowest BCUT2D eigenvalue weighted by molar-refractivity contribution is 0.0860. The van der Waals surface area contributed by atoms with Crippen molar-refractivity contribution in [1.29, 1.82) is 5.26 Å². The highest BCUT2D eigenvalue weighted by atomic mass is 16.5. The first kappa shape index (κ1) is 31.3. The van der Waals surface area contributed by atoms with Crippen molar-refractivity contribution in [3.05, 3.63) is 30.1 Å². The number of hydrogen-bond donors (Lipinski definition) is 2. The number of fused-ring (bicyclic) bond motifs is 1. The Hall–Kier alpha value is -3.72. The van der Waals surface area contributed by atoms with Crippen LogP contribution in [0.3, 0.4) is 0 Å². The van der Waals surface area contributed by atoms with Crippen LogP contribution in [0.15, 0.2) is 24.4 Å². The number of ether oxygens (including phenoxy) is 2. The van der Waals surface area contributed by atoms with E-state index < -0.39 is 0 Å². The number of pyridine rings is 1. The predicted octanol–water partition coefficient (Wildman–Crippen LogP) is 4.40. The van der Waals surface area contributed by atoms with Gasteiger partial charge in [-0.3, -0.25) is 9.80 Å². The van der Waals surface area contributed by atoms with E-state index in [0.717, 1.165) is 142 Å². The second-order valence-electron chi connectivity index (χ2n) is 12.3. The summed E-state index contributed by atoms with van der Waals surface area (Å²) in [5.41, 5.74) is 5.62. The van der Waals surface area contributed by atoms with Crippen LogP contribution in [0.5, 0.6) is 5.75 Å². The Kier molecular flexibility index (Phi) is 10.1. The number of hydrogen-bond acceptors (Lipinski definition) is 11. The molecule has 0 saturated carbocycles. The van der Waals surface area contributed by atoms with Gasteiger partial charge in [-0.05, 0) is 49.8 Å². The minimum absolute atomic E-state index is 0.326. The van der Waals surface area contributed by atoms with E-state index in [0.29, 0.717) is 18.5 Å². The van der Waals surface area contributed by atoms with Crippen LogP contribution < -0.4 is 20.3 Å². The Morgan fingerprint density at radius 3 is 2.47 bits per heavy atom. The largest absolute Gasteiger partial charge is 0.495 e. The molecule has 0 amide bonds. The molecule has 45 heavy (non-hydrogen) atoms. The van der Waals surface area contributed by atoms with Crippen molar-refractivity contribution < 1.29 is 9.47 Å². The van der Waals surface area contributed by atoms with Gasteiger partial charge in [-0.2, -0.15) is 5.26 Å². The molecular weight excluding hydrogens is 566 g/mol. The highest BCUT2D eigenvalue weighted by molar-refractivity contribution is 5.98. The van der Waals surface area contributed by atoms with Crippen LogP contribution in [-0.4, -0.2) is 110 Å². The van der Waals surface area contributed by atoms with Gasteiger partial charge in [-0.15, -0.1) is 0 Å². The second kappa shape index (κ2) is 14.6. The Morgan fingerprint density at radius 1 is 1.00 bits per heavy atom. The summed E-state index contributed by atoms with van der Waals surface area (Å²) in [6, 6.07) is 9.70. The maximum absolute atomic E-state index is 8.91. The summed E-state index contributed by atoms with van der Waals surface area (Å²) in [6.07, 6.45) is 7.50. The van der Waals surface area contributed by atoms with E-state index in [2.05, 4.69) is 56.5 Å². The average molecular weight is 614 g/mol. The van der Waals surface area contributed by atoms with E-state index in [4.69, 9.17) is 29.7 Å². The van der Waals surface area contributed by atoms with E-state index in [9.17, 15) is 0 Å². The molecule has 0 spiro atoms. The number of benzene rings is 1. The van der Waals surface area contributed by atoms with Crippen molar-refractivity contribution in [1.82, 2.24) is 24.8 Å². The third kappa shape index (κ3) is 6.93. The lowest BCUT2D eigenvalue weighted by atomic mass is 10.00. The van der Waals surface area contributed by atoms with Gasteiger partial charge >= 0.3 is 0 Å². The molecule has 240 valence electrons. The summed E-state index contributed by atoms with van der Waals surface area (Å²) >= 11 is 0. The number of methoxy groups -OCH3 is 1. The molecule has 3 aliphatic heterocycles. The van der Waals surface area contributed by atoms with Crippen LogP contribution in [0.4, 0.5) is 17.3 Å². The number of nitrogens with one attached hydrogen (secondary N) is 2. The van der Waals surface area contributed by atoms with Gasteiger partial charge in [0.25, 0.3) is 0 Å². The quantitative estimate of drug-likeness (QED) is 0.339. The van der Waals surface area contributed by atoms with Crippen molar-refractivity contribution in [2.45, 2.75) is 57.5 Å². The number of aromatic nitrogens is 3. The summed E-state index contributed by atoms with van der Waals surface area (Å²) in [4.78, 5) is 22.5. The fourth-order valence-electron chi connectivity index (χ4n) is 7.00. The maximum Gasteiger partial charge on any atom is 0.153 e. The Bertz CT molecular complexity index is 1490. The third-order valence-electron chi connectivity index (χ3n) is 9.66. The molecule has 6 rings (SSSR count). The van der Waals surface area contributed by atoms with Crippen LogP contribution in [-0.2, 0) is 11.2 Å². The van der Waals surface area contributed by atoms with Gasteiger partial charge in [0.05, 0.1) is 24.6 Å². The molecule has 3 aliphatic rings. The van der Waals surface area contributed by atoms with Crippen LogP contribution in [0.2, 0.25) is 0 Å². The summed E-state index contributed by atoms with van der Waals surface area (Å²) in [7, 11) is 3.63. The Balaban J connectivity index is 1.21. The third-order valence-corrected chi connectivity index (χ3v) is 9.66. The molecule has 1 aromatic carbocycles. The normalized spacial score (nSPS) is 19.0. The molecule has 3 aromatic rings. The number of aryl methyl sites for hydroxylation is 1. The molecule has 0 radical (unpaired) electrons. The van der Waals surface area contributed by atoms with E-state index in [1.165, 1.54) is 0 Å². The molecule has 0 bridgehead atoms. The van der Waals surface area contributed by atoms with Gasteiger partial charge in [-0.25, -0.2) is 15.0 Å².